The number of aliphatic carboxylic acids is 1. The van der Waals surface area contributed by atoms with E-state index in [0.29, 0.717) is 0 Å². The number of rotatable bonds is 4. The van der Waals surface area contributed by atoms with Crippen LogP contribution in [0.25, 0.3) is 0 Å². The first kappa shape index (κ1) is 11.0. The number of carboxylic acid groups (broad SMARTS) is 1. The van der Waals surface area contributed by atoms with Crippen molar-refractivity contribution in [3.63, 3.8) is 0 Å². The fraction of sp³-hybridized carbons (Fsp3) is 0.500. The van der Waals surface area contributed by atoms with Crippen molar-refractivity contribution in [3.05, 3.63) is 16.3 Å². The molecule has 78 valence electrons. The lowest BCUT2D eigenvalue weighted by molar-refractivity contribution is -0.141. The van der Waals surface area contributed by atoms with Gasteiger partial charge in [-0.3, -0.25) is 4.79 Å². The zero-order chi connectivity index (χ0) is 10.7. The Labute approximate surface area is 87.8 Å². The molecule has 0 saturated heterocycles. The zero-order valence-electron chi connectivity index (χ0n) is 8.57. The van der Waals surface area contributed by atoms with Crippen molar-refractivity contribution < 1.29 is 9.90 Å². The number of aryl methyl sites for hydroxylation is 1. The van der Waals surface area contributed by atoms with Gasteiger partial charge in [0.2, 0.25) is 0 Å². The average Bonchev–Trinajstić information content (AvgIpc) is 2.50. The summed E-state index contributed by atoms with van der Waals surface area (Å²) in [6.45, 7) is 5.61. The fourth-order valence-electron chi connectivity index (χ4n) is 1.09. The Morgan fingerprint density at radius 1 is 1.50 bits per heavy atom. The van der Waals surface area contributed by atoms with Gasteiger partial charge in [-0.05, 0) is 31.7 Å². The van der Waals surface area contributed by atoms with E-state index in [-0.39, 0.29) is 12.0 Å². The minimum atomic E-state index is -0.766. The minimum absolute atomic E-state index is 0.0548. The molecule has 0 aromatic carbocycles. The molecule has 3 nitrogen and oxygen atoms in total. The van der Waals surface area contributed by atoms with Gasteiger partial charge >= 0.3 is 5.97 Å². The van der Waals surface area contributed by atoms with Gasteiger partial charge in [0.05, 0.1) is 5.92 Å². The van der Waals surface area contributed by atoms with Crippen LogP contribution in [0, 0.1) is 12.8 Å². The van der Waals surface area contributed by atoms with Crippen LogP contribution in [-0.2, 0) is 4.79 Å². The molecule has 1 aromatic rings. The van der Waals surface area contributed by atoms with Crippen molar-refractivity contribution in [2.75, 3.05) is 5.32 Å². The summed E-state index contributed by atoms with van der Waals surface area (Å²) < 4.78 is 0. The van der Waals surface area contributed by atoms with Gasteiger partial charge in [0.25, 0.3) is 0 Å². The summed E-state index contributed by atoms with van der Waals surface area (Å²) >= 11 is 1.62. The number of carbonyl (C=O) groups is 1. The van der Waals surface area contributed by atoms with Crippen LogP contribution in [0.4, 0.5) is 5.69 Å². The van der Waals surface area contributed by atoms with Crippen LogP contribution in [0.3, 0.4) is 0 Å². The maximum absolute atomic E-state index is 10.7. The summed E-state index contributed by atoms with van der Waals surface area (Å²) in [5.74, 6) is -1.15. The Morgan fingerprint density at radius 2 is 2.14 bits per heavy atom. The van der Waals surface area contributed by atoms with E-state index in [1.165, 1.54) is 5.56 Å². The number of carboxylic acids is 1. The lowest BCUT2D eigenvalue weighted by atomic mass is 10.0. The van der Waals surface area contributed by atoms with Crippen molar-refractivity contribution >= 4 is 23.0 Å². The van der Waals surface area contributed by atoms with E-state index < -0.39 is 5.97 Å². The van der Waals surface area contributed by atoms with Gasteiger partial charge in [0.15, 0.2) is 0 Å². The van der Waals surface area contributed by atoms with Crippen LogP contribution in [0.2, 0.25) is 0 Å². The predicted molar refractivity (Wildman–Crippen MR) is 58.9 cm³/mol. The number of thiophene rings is 1. The Kier molecular flexibility index (Phi) is 3.52. The number of hydrogen-bond acceptors (Lipinski definition) is 3. The molecule has 0 bridgehead atoms. The second-order valence-corrected chi connectivity index (χ2v) is 4.27. The van der Waals surface area contributed by atoms with Crippen LogP contribution >= 0.6 is 11.3 Å². The molecule has 0 aliphatic heterocycles. The summed E-state index contributed by atoms with van der Waals surface area (Å²) in [6, 6.07) is -0.0548. The lowest BCUT2D eigenvalue weighted by Crippen LogP contribution is -2.29. The molecule has 0 amide bonds. The van der Waals surface area contributed by atoms with Crippen LogP contribution in [0.5, 0.6) is 0 Å². The van der Waals surface area contributed by atoms with E-state index in [2.05, 4.69) is 5.32 Å². The molecule has 14 heavy (non-hydrogen) atoms. The molecule has 2 N–H and O–H groups in total. The van der Waals surface area contributed by atoms with Crippen LogP contribution < -0.4 is 5.32 Å². The maximum Gasteiger partial charge on any atom is 0.308 e. The van der Waals surface area contributed by atoms with E-state index in [1.807, 2.05) is 24.6 Å². The molecule has 4 heteroatoms. The first-order valence-corrected chi connectivity index (χ1v) is 5.48. The molecule has 1 rings (SSSR count). The second-order valence-electron chi connectivity index (χ2n) is 3.53. The summed E-state index contributed by atoms with van der Waals surface area (Å²) in [7, 11) is 0. The van der Waals surface area contributed by atoms with Gasteiger partial charge in [0, 0.05) is 17.1 Å². The molecule has 0 aliphatic rings. The topological polar surface area (TPSA) is 49.3 Å². The third-order valence-electron chi connectivity index (χ3n) is 2.38. The van der Waals surface area contributed by atoms with Gasteiger partial charge in [-0.25, -0.2) is 0 Å². The Hall–Kier alpha value is -1.03. The highest BCUT2D eigenvalue weighted by molar-refractivity contribution is 7.08. The Morgan fingerprint density at radius 3 is 2.57 bits per heavy atom. The molecular weight excluding hydrogens is 198 g/mol. The van der Waals surface area contributed by atoms with E-state index in [9.17, 15) is 4.79 Å². The first-order chi connectivity index (χ1) is 6.52. The number of anilines is 1. The zero-order valence-corrected chi connectivity index (χ0v) is 9.39. The molecule has 0 aliphatic carbocycles. The third-order valence-corrected chi connectivity index (χ3v) is 3.24. The van der Waals surface area contributed by atoms with Crippen molar-refractivity contribution in [2.24, 2.45) is 5.92 Å². The average molecular weight is 213 g/mol. The minimum Gasteiger partial charge on any atom is -0.481 e. The van der Waals surface area contributed by atoms with Gasteiger partial charge in [-0.1, -0.05) is 0 Å². The largest absolute Gasteiger partial charge is 0.481 e. The SMILES string of the molecule is Cc1cscc1NC(C)C(C)C(=O)O. The maximum atomic E-state index is 10.7. The van der Waals surface area contributed by atoms with Crippen molar-refractivity contribution in [2.45, 2.75) is 26.8 Å². The predicted octanol–water partition coefficient (Wildman–Crippen LogP) is 2.58. The van der Waals surface area contributed by atoms with Crippen molar-refractivity contribution in [3.8, 4) is 0 Å². The number of nitrogens with one attached hydrogen (secondary N) is 1. The van der Waals surface area contributed by atoms with Gasteiger partial charge in [-0.15, -0.1) is 11.3 Å². The first-order valence-electron chi connectivity index (χ1n) is 4.54. The van der Waals surface area contributed by atoms with Crippen LogP contribution in [0.1, 0.15) is 19.4 Å². The smallest absolute Gasteiger partial charge is 0.308 e. The van der Waals surface area contributed by atoms with Gasteiger partial charge < -0.3 is 10.4 Å². The van der Waals surface area contributed by atoms with Gasteiger partial charge in [-0.2, -0.15) is 0 Å². The highest BCUT2D eigenvalue weighted by Gasteiger charge is 2.19. The molecule has 0 radical (unpaired) electrons. The molecule has 0 fully saturated rings. The highest BCUT2D eigenvalue weighted by atomic mass is 32.1. The number of hydrogen-bond donors (Lipinski definition) is 2. The third kappa shape index (κ3) is 2.48. The Bertz CT molecular complexity index is 322. The van der Waals surface area contributed by atoms with Crippen molar-refractivity contribution in [1.82, 2.24) is 0 Å². The van der Waals surface area contributed by atoms with Crippen molar-refractivity contribution in [1.29, 1.82) is 0 Å². The molecular formula is C10H15NO2S. The normalized spacial score (nSPS) is 14.8. The summed E-state index contributed by atoms with van der Waals surface area (Å²) in [4.78, 5) is 10.7. The van der Waals surface area contributed by atoms with Crippen LogP contribution in [0.15, 0.2) is 10.8 Å². The summed E-state index contributed by atoms with van der Waals surface area (Å²) in [5.41, 5.74) is 2.20. The van der Waals surface area contributed by atoms with E-state index in [1.54, 1.807) is 18.3 Å². The fourth-order valence-corrected chi connectivity index (χ4v) is 1.88. The monoisotopic (exact) mass is 213 g/mol. The Balaban J connectivity index is 2.61. The molecule has 0 saturated carbocycles. The summed E-state index contributed by atoms with van der Waals surface area (Å²) in [6.07, 6.45) is 0. The lowest BCUT2D eigenvalue weighted by Gasteiger charge is -2.18. The van der Waals surface area contributed by atoms with E-state index in [0.717, 1.165) is 5.69 Å². The second kappa shape index (κ2) is 4.46. The van der Waals surface area contributed by atoms with Crippen LogP contribution in [-0.4, -0.2) is 17.1 Å². The van der Waals surface area contributed by atoms with E-state index >= 15 is 0 Å². The quantitative estimate of drug-likeness (QED) is 0.808. The highest BCUT2D eigenvalue weighted by Crippen LogP contribution is 2.21. The molecule has 2 atom stereocenters. The molecule has 2 unspecified atom stereocenters. The molecule has 1 aromatic heterocycles. The standard InChI is InChI=1S/C10H15NO2S/c1-6-4-14-5-9(6)11-8(3)7(2)10(12)13/h4-5,7-8,11H,1-3H3,(H,12,13). The summed E-state index contributed by atoms with van der Waals surface area (Å²) in [5, 5.41) is 16.1. The molecule has 0 spiro atoms. The van der Waals surface area contributed by atoms with E-state index in [4.69, 9.17) is 5.11 Å². The molecule has 1 heterocycles. The van der Waals surface area contributed by atoms with Gasteiger partial charge in [0.1, 0.15) is 0 Å².